The number of halogens is 1. The molecule has 0 aliphatic carbocycles. The second-order valence-electron chi connectivity index (χ2n) is 4.75. The van der Waals surface area contributed by atoms with Crippen molar-refractivity contribution in [3.05, 3.63) is 29.8 Å². The first-order valence-electron chi connectivity index (χ1n) is 6.55. The maximum Gasteiger partial charge on any atom is 0.320 e. The number of benzene rings is 1. The van der Waals surface area contributed by atoms with Gasteiger partial charge in [0.25, 0.3) is 0 Å². The summed E-state index contributed by atoms with van der Waals surface area (Å²) in [6.07, 6.45) is 0.281. The molecule has 1 atom stereocenters. The van der Waals surface area contributed by atoms with E-state index in [1.54, 1.807) is 4.90 Å². The molecule has 0 spiro atoms. The smallest absolute Gasteiger partial charge is 0.320 e. The Labute approximate surface area is 129 Å². The van der Waals surface area contributed by atoms with Crippen LogP contribution in [-0.2, 0) is 16.1 Å². The van der Waals surface area contributed by atoms with Gasteiger partial charge < -0.3 is 20.5 Å². The van der Waals surface area contributed by atoms with Crippen LogP contribution >= 0.6 is 12.4 Å². The highest BCUT2D eigenvalue weighted by Gasteiger charge is 2.21. The number of aliphatic carboxylic acids is 1. The van der Waals surface area contributed by atoms with Crippen molar-refractivity contribution < 1.29 is 19.4 Å². The van der Waals surface area contributed by atoms with E-state index in [2.05, 4.69) is 0 Å². The predicted octanol–water partition coefficient (Wildman–Crippen LogP) is 1.02. The topological polar surface area (TPSA) is 92.9 Å². The number of carbonyl (C=O) groups excluding carboxylic acids is 1. The van der Waals surface area contributed by atoms with E-state index in [1.165, 1.54) is 0 Å². The van der Waals surface area contributed by atoms with E-state index in [4.69, 9.17) is 15.6 Å². The molecular weight excluding hydrogens is 296 g/mol. The van der Waals surface area contributed by atoms with Gasteiger partial charge in [-0.2, -0.15) is 0 Å². The Hall–Kier alpha value is -1.79. The summed E-state index contributed by atoms with van der Waals surface area (Å²) < 4.78 is 5.58. The van der Waals surface area contributed by atoms with Crippen LogP contribution in [0.25, 0.3) is 0 Å². The fraction of sp³-hybridized carbons (Fsp3) is 0.429. The first kappa shape index (κ1) is 17.3. The summed E-state index contributed by atoms with van der Waals surface area (Å²) in [5.41, 5.74) is 6.37. The average molecular weight is 315 g/mol. The van der Waals surface area contributed by atoms with E-state index < -0.39 is 12.0 Å². The predicted molar refractivity (Wildman–Crippen MR) is 79.4 cm³/mol. The van der Waals surface area contributed by atoms with Crippen LogP contribution in [0.2, 0.25) is 0 Å². The molecule has 1 amide bonds. The van der Waals surface area contributed by atoms with E-state index >= 15 is 0 Å². The molecule has 1 aromatic carbocycles. The van der Waals surface area contributed by atoms with Crippen LogP contribution in [0.5, 0.6) is 5.75 Å². The van der Waals surface area contributed by atoms with Crippen molar-refractivity contribution in [2.75, 3.05) is 13.2 Å². The third-order valence-electron chi connectivity index (χ3n) is 3.29. The molecule has 0 radical (unpaired) electrons. The minimum absolute atomic E-state index is 0. The zero-order valence-electron chi connectivity index (χ0n) is 11.5. The lowest BCUT2D eigenvalue weighted by molar-refractivity contribution is -0.139. The summed E-state index contributed by atoms with van der Waals surface area (Å²) in [5.74, 6) is -0.380. The number of carboxylic acids is 1. The van der Waals surface area contributed by atoms with Crippen molar-refractivity contribution in [3.63, 3.8) is 0 Å². The SMILES string of the molecule is Cl.N[C@@H](CCC(=O)N1CCOc2ccccc2C1)C(=O)O. The third-order valence-corrected chi connectivity index (χ3v) is 3.29. The Morgan fingerprint density at radius 3 is 2.81 bits per heavy atom. The lowest BCUT2D eigenvalue weighted by Gasteiger charge is -2.20. The highest BCUT2D eigenvalue weighted by molar-refractivity contribution is 5.85. The lowest BCUT2D eigenvalue weighted by atomic mass is 10.1. The fourth-order valence-electron chi connectivity index (χ4n) is 2.10. The molecule has 0 bridgehead atoms. The highest BCUT2D eigenvalue weighted by Crippen LogP contribution is 2.22. The fourth-order valence-corrected chi connectivity index (χ4v) is 2.10. The Balaban J connectivity index is 0.00000220. The van der Waals surface area contributed by atoms with Crippen LogP contribution in [0.4, 0.5) is 0 Å². The number of rotatable bonds is 4. The van der Waals surface area contributed by atoms with Gasteiger partial charge in [-0.1, -0.05) is 18.2 Å². The molecule has 0 aromatic heterocycles. The van der Waals surface area contributed by atoms with Crippen molar-refractivity contribution in [1.82, 2.24) is 4.90 Å². The third kappa shape index (κ3) is 4.61. The summed E-state index contributed by atoms with van der Waals surface area (Å²) in [7, 11) is 0. The van der Waals surface area contributed by atoms with E-state index in [-0.39, 0.29) is 31.2 Å². The molecule has 7 heteroatoms. The molecule has 1 aromatic rings. The molecule has 1 heterocycles. The van der Waals surface area contributed by atoms with E-state index in [9.17, 15) is 9.59 Å². The molecule has 1 aliphatic heterocycles. The second kappa shape index (κ2) is 7.85. The van der Waals surface area contributed by atoms with Crippen LogP contribution in [0.15, 0.2) is 24.3 Å². The largest absolute Gasteiger partial charge is 0.491 e. The molecule has 6 nitrogen and oxygen atoms in total. The number of ether oxygens (including phenoxy) is 1. The van der Waals surface area contributed by atoms with Crippen molar-refractivity contribution in [3.8, 4) is 5.75 Å². The van der Waals surface area contributed by atoms with Gasteiger partial charge in [-0.15, -0.1) is 12.4 Å². The number of nitrogens with zero attached hydrogens (tertiary/aromatic N) is 1. The van der Waals surface area contributed by atoms with Crippen molar-refractivity contribution in [2.45, 2.75) is 25.4 Å². The minimum atomic E-state index is -1.08. The first-order valence-corrected chi connectivity index (χ1v) is 6.55. The Morgan fingerprint density at radius 1 is 1.38 bits per heavy atom. The van der Waals surface area contributed by atoms with Crippen LogP contribution in [-0.4, -0.2) is 41.1 Å². The van der Waals surface area contributed by atoms with E-state index in [0.717, 1.165) is 11.3 Å². The van der Waals surface area contributed by atoms with Gasteiger partial charge in [0.1, 0.15) is 18.4 Å². The van der Waals surface area contributed by atoms with Gasteiger partial charge in [0.2, 0.25) is 5.91 Å². The Kier molecular flexibility index (Phi) is 6.45. The van der Waals surface area contributed by atoms with Crippen LogP contribution < -0.4 is 10.5 Å². The quantitative estimate of drug-likeness (QED) is 0.865. The second-order valence-corrected chi connectivity index (χ2v) is 4.75. The van der Waals surface area contributed by atoms with E-state index in [1.807, 2.05) is 24.3 Å². The number of carbonyl (C=O) groups is 2. The summed E-state index contributed by atoms with van der Waals surface area (Å²) in [5, 5.41) is 8.71. The zero-order valence-corrected chi connectivity index (χ0v) is 12.3. The number of hydrogen-bond donors (Lipinski definition) is 2. The number of nitrogens with two attached hydrogens (primary N) is 1. The molecule has 0 saturated carbocycles. The molecule has 2 rings (SSSR count). The number of amides is 1. The zero-order chi connectivity index (χ0) is 14.5. The van der Waals surface area contributed by atoms with Gasteiger partial charge >= 0.3 is 5.97 Å². The molecule has 3 N–H and O–H groups in total. The van der Waals surface area contributed by atoms with Gasteiger partial charge in [-0.05, 0) is 12.5 Å². The van der Waals surface area contributed by atoms with Crippen LogP contribution in [0.3, 0.4) is 0 Å². The maximum atomic E-state index is 12.1. The minimum Gasteiger partial charge on any atom is -0.491 e. The molecular formula is C14H19ClN2O4. The molecule has 0 unspecified atom stereocenters. The molecule has 21 heavy (non-hydrogen) atoms. The molecule has 116 valence electrons. The van der Waals surface area contributed by atoms with Gasteiger partial charge in [0, 0.05) is 18.5 Å². The van der Waals surface area contributed by atoms with Gasteiger partial charge in [-0.25, -0.2) is 0 Å². The first-order chi connectivity index (χ1) is 9.58. The van der Waals surface area contributed by atoms with Gasteiger partial charge in [-0.3, -0.25) is 9.59 Å². The number of fused-ring (bicyclic) bond motifs is 1. The molecule has 0 fully saturated rings. The normalized spacial score (nSPS) is 15.0. The van der Waals surface area contributed by atoms with Gasteiger partial charge in [0.05, 0.1) is 6.54 Å². The van der Waals surface area contributed by atoms with Crippen molar-refractivity contribution in [1.29, 1.82) is 0 Å². The van der Waals surface area contributed by atoms with Crippen molar-refractivity contribution in [2.24, 2.45) is 5.73 Å². The lowest BCUT2D eigenvalue weighted by Crippen LogP contribution is -2.35. The van der Waals surface area contributed by atoms with E-state index in [0.29, 0.717) is 19.7 Å². The monoisotopic (exact) mass is 314 g/mol. The standard InChI is InChI=1S/C14H18N2O4.ClH/c15-11(14(18)19)5-6-13(17)16-7-8-20-12-4-2-1-3-10(12)9-16;/h1-4,11H,5-9,15H2,(H,18,19);1H/t11-;/m0./s1. The number of carboxylic acid groups (broad SMARTS) is 1. The Bertz CT molecular complexity index is 510. The summed E-state index contributed by atoms with van der Waals surface area (Å²) >= 11 is 0. The van der Waals surface area contributed by atoms with Crippen molar-refractivity contribution >= 4 is 24.3 Å². The summed E-state index contributed by atoms with van der Waals surface area (Å²) in [4.78, 5) is 24.4. The Morgan fingerprint density at radius 2 is 2.10 bits per heavy atom. The number of para-hydroxylation sites is 1. The van der Waals surface area contributed by atoms with Crippen LogP contribution in [0, 0.1) is 0 Å². The molecule has 1 aliphatic rings. The summed E-state index contributed by atoms with van der Waals surface area (Å²) in [6, 6.07) is 6.60. The summed E-state index contributed by atoms with van der Waals surface area (Å²) in [6.45, 7) is 1.42. The maximum absolute atomic E-state index is 12.1. The number of hydrogen-bond acceptors (Lipinski definition) is 4. The van der Waals surface area contributed by atoms with Crippen LogP contribution in [0.1, 0.15) is 18.4 Å². The average Bonchev–Trinajstić information content (AvgIpc) is 2.66. The highest BCUT2D eigenvalue weighted by atomic mass is 35.5. The molecule has 0 saturated heterocycles. The van der Waals surface area contributed by atoms with Gasteiger partial charge in [0.15, 0.2) is 0 Å².